The standard InChI is InChI=1S/C21H28O3.C16H18O/c1-3-4-5-6-7-16-22-20-14-10-19(11-15-20)17-23-24-21-12-8-18(2)9-13-21;1-12-4-7-15(8-5-12)11-17-16-9-6-13(2)14(3)10-16/h8-15H,3-7,16-17H2,1-2H3;4-10H,11H2,1-3H3. The van der Waals surface area contributed by atoms with E-state index < -0.39 is 0 Å². The molecule has 0 saturated carbocycles. The van der Waals surface area contributed by atoms with Gasteiger partial charge in [-0.1, -0.05) is 98.3 Å². The van der Waals surface area contributed by atoms with Gasteiger partial charge < -0.3 is 14.4 Å². The Morgan fingerprint density at radius 1 is 0.488 bits per heavy atom. The third-order valence-corrected chi connectivity index (χ3v) is 6.85. The molecule has 0 N–H and O–H groups in total. The van der Waals surface area contributed by atoms with Crippen LogP contribution in [0.15, 0.2) is 91.0 Å². The van der Waals surface area contributed by atoms with E-state index in [1.165, 1.54) is 53.5 Å². The Morgan fingerprint density at radius 2 is 1.05 bits per heavy atom. The predicted octanol–water partition coefficient (Wildman–Crippen LogP) is 10.0. The molecule has 0 atom stereocenters. The van der Waals surface area contributed by atoms with E-state index in [-0.39, 0.29) is 0 Å². The lowest BCUT2D eigenvalue weighted by Gasteiger charge is -2.08. The SMILES string of the molecule is CCCCCCCOc1ccc(COOc2ccc(C)cc2)cc1.Cc1ccc(COc2ccc(C)c(C)c2)cc1. The van der Waals surface area contributed by atoms with Crippen molar-refractivity contribution in [2.75, 3.05) is 6.61 Å². The van der Waals surface area contributed by atoms with Crippen molar-refractivity contribution in [1.29, 1.82) is 0 Å². The van der Waals surface area contributed by atoms with E-state index >= 15 is 0 Å². The fraction of sp³-hybridized carbons (Fsp3) is 0.351. The van der Waals surface area contributed by atoms with E-state index in [2.05, 4.69) is 64.1 Å². The molecule has 0 heterocycles. The van der Waals surface area contributed by atoms with Crippen molar-refractivity contribution in [1.82, 2.24) is 0 Å². The minimum atomic E-state index is 0.408. The van der Waals surface area contributed by atoms with Crippen LogP contribution in [-0.2, 0) is 18.1 Å². The first-order chi connectivity index (χ1) is 19.9. The summed E-state index contributed by atoms with van der Waals surface area (Å²) in [4.78, 5) is 10.6. The molecule has 0 aromatic heterocycles. The Bertz CT molecular complexity index is 1260. The van der Waals surface area contributed by atoms with Gasteiger partial charge in [-0.2, -0.15) is 4.89 Å². The van der Waals surface area contributed by atoms with E-state index in [0.29, 0.717) is 19.0 Å². The van der Waals surface area contributed by atoms with Crippen molar-refractivity contribution in [3.05, 3.63) is 124 Å². The fourth-order valence-electron chi connectivity index (χ4n) is 3.99. The number of benzene rings is 4. The fourth-order valence-corrected chi connectivity index (χ4v) is 3.99. The van der Waals surface area contributed by atoms with Crippen LogP contribution in [0.1, 0.15) is 72.4 Å². The Kier molecular flexibility index (Phi) is 13.8. The molecule has 0 aliphatic carbocycles. The van der Waals surface area contributed by atoms with Crippen LogP contribution in [-0.4, -0.2) is 6.61 Å². The summed E-state index contributed by atoms with van der Waals surface area (Å²) in [5.41, 5.74) is 7.30. The Labute approximate surface area is 247 Å². The topological polar surface area (TPSA) is 36.9 Å². The van der Waals surface area contributed by atoms with Crippen molar-refractivity contribution < 1.29 is 19.2 Å². The summed E-state index contributed by atoms with van der Waals surface area (Å²) in [6, 6.07) is 30.4. The number of hydrogen-bond acceptors (Lipinski definition) is 4. The molecule has 0 amide bonds. The normalized spacial score (nSPS) is 10.5. The van der Waals surface area contributed by atoms with Crippen molar-refractivity contribution in [3.8, 4) is 17.2 Å². The van der Waals surface area contributed by atoms with Crippen LogP contribution in [0.4, 0.5) is 0 Å². The van der Waals surface area contributed by atoms with Gasteiger partial charge in [-0.05, 0) is 92.8 Å². The number of unbranched alkanes of at least 4 members (excludes halogenated alkanes) is 4. The van der Waals surface area contributed by atoms with Crippen LogP contribution in [0.3, 0.4) is 0 Å². The van der Waals surface area contributed by atoms with Crippen molar-refractivity contribution >= 4 is 0 Å². The van der Waals surface area contributed by atoms with Crippen LogP contribution in [0, 0.1) is 27.7 Å². The van der Waals surface area contributed by atoms with Gasteiger partial charge in [0.2, 0.25) is 0 Å². The largest absolute Gasteiger partial charge is 0.494 e. The molecule has 0 saturated heterocycles. The highest BCUT2D eigenvalue weighted by Crippen LogP contribution is 2.18. The number of hydrogen-bond donors (Lipinski definition) is 0. The van der Waals surface area contributed by atoms with Gasteiger partial charge in [-0.3, -0.25) is 0 Å². The van der Waals surface area contributed by atoms with Crippen LogP contribution >= 0.6 is 0 Å². The van der Waals surface area contributed by atoms with Crippen molar-refractivity contribution in [2.24, 2.45) is 0 Å². The second-order valence-electron chi connectivity index (χ2n) is 10.6. The number of rotatable bonds is 14. The number of aryl methyl sites for hydroxylation is 4. The molecule has 41 heavy (non-hydrogen) atoms. The Balaban J connectivity index is 0.000000239. The zero-order valence-corrected chi connectivity index (χ0v) is 25.5. The third-order valence-electron chi connectivity index (χ3n) is 6.85. The van der Waals surface area contributed by atoms with Crippen molar-refractivity contribution in [2.45, 2.75) is 79.9 Å². The van der Waals surface area contributed by atoms with Gasteiger partial charge in [0.25, 0.3) is 0 Å². The highest BCUT2D eigenvalue weighted by molar-refractivity contribution is 5.34. The summed E-state index contributed by atoms with van der Waals surface area (Å²) >= 11 is 0. The molecule has 4 heteroatoms. The van der Waals surface area contributed by atoms with E-state index in [4.69, 9.17) is 19.2 Å². The summed E-state index contributed by atoms with van der Waals surface area (Å²) < 4.78 is 11.5. The third kappa shape index (κ3) is 12.5. The van der Waals surface area contributed by atoms with Crippen LogP contribution in [0.25, 0.3) is 0 Å². The Morgan fingerprint density at radius 3 is 1.71 bits per heavy atom. The molecule has 0 aliphatic rings. The zero-order chi connectivity index (χ0) is 29.3. The molecular formula is C37H46O4. The monoisotopic (exact) mass is 554 g/mol. The molecule has 4 nitrogen and oxygen atoms in total. The van der Waals surface area contributed by atoms with E-state index in [0.717, 1.165) is 30.1 Å². The smallest absolute Gasteiger partial charge is 0.165 e. The van der Waals surface area contributed by atoms with E-state index in [9.17, 15) is 0 Å². The minimum Gasteiger partial charge on any atom is -0.494 e. The second-order valence-corrected chi connectivity index (χ2v) is 10.6. The van der Waals surface area contributed by atoms with Gasteiger partial charge in [0.15, 0.2) is 5.75 Å². The maximum absolute atomic E-state index is 5.77. The highest BCUT2D eigenvalue weighted by Gasteiger charge is 2.00. The second kappa shape index (κ2) is 17.8. The number of ether oxygens (including phenoxy) is 2. The summed E-state index contributed by atoms with van der Waals surface area (Å²) in [6.45, 7) is 12.4. The summed E-state index contributed by atoms with van der Waals surface area (Å²) in [6.07, 6.45) is 6.26. The first kappa shape index (κ1) is 31.8. The van der Waals surface area contributed by atoms with Gasteiger partial charge in [0, 0.05) is 0 Å². The molecule has 4 aromatic carbocycles. The van der Waals surface area contributed by atoms with Gasteiger partial charge in [-0.15, -0.1) is 0 Å². The van der Waals surface area contributed by atoms with E-state index in [1.54, 1.807) is 0 Å². The zero-order valence-electron chi connectivity index (χ0n) is 25.5. The summed E-state index contributed by atoms with van der Waals surface area (Å²) in [5, 5.41) is 0. The van der Waals surface area contributed by atoms with Crippen molar-refractivity contribution in [3.63, 3.8) is 0 Å². The van der Waals surface area contributed by atoms with Crippen LogP contribution < -0.4 is 14.4 Å². The van der Waals surface area contributed by atoms with Gasteiger partial charge in [-0.25, -0.2) is 0 Å². The molecule has 0 radical (unpaired) electrons. The van der Waals surface area contributed by atoms with Gasteiger partial charge >= 0.3 is 0 Å². The molecule has 0 aliphatic heterocycles. The molecule has 0 unspecified atom stereocenters. The first-order valence-electron chi connectivity index (χ1n) is 14.8. The first-order valence-corrected chi connectivity index (χ1v) is 14.8. The minimum absolute atomic E-state index is 0.408. The molecule has 218 valence electrons. The Hall–Kier alpha value is -3.76. The molecule has 0 bridgehead atoms. The average Bonchev–Trinajstić information content (AvgIpc) is 2.98. The van der Waals surface area contributed by atoms with Crippen LogP contribution in [0.2, 0.25) is 0 Å². The lowest BCUT2D eigenvalue weighted by atomic mass is 10.1. The quantitative estimate of drug-likeness (QED) is 0.0883. The molecule has 0 fully saturated rings. The maximum atomic E-state index is 5.77. The van der Waals surface area contributed by atoms with Crippen LogP contribution in [0.5, 0.6) is 17.2 Å². The molecule has 0 spiro atoms. The summed E-state index contributed by atoms with van der Waals surface area (Å²) in [7, 11) is 0. The average molecular weight is 555 g/mol. The molecular weight excluding hydrogens is 508 g/mol. The van der Waals surface area contributed by atoms with E-state index in [1.807, 2.05) is 61.5 Å². The molecule has 4 rings (SSSR count). The predicted molar refractivity (Wildman–Crippen MR) is 169 cm³/mol. The van der Waals surface area contributed by atoms with Gasteiger partial charge in [0.05, 0.1) is 6.61 Å². The molecule has 4 aromatic rings. The lowest BCUT2D eigenvalue weighted by molar-refractivity contribution is -0.217. The lowest BCUT2D eigenvalue weighted by Crippen LogP contribution is -1.99. The highest BCUT2D eigenvalue weighted by atomic mass is 17.2. The van der Waals surface area contributed by atoms with Gasteiger partial charge in [0.1, 0.15) is 24.7 Å². The summed E-state index contributed by atoms with van der Waals surface area (Å²) in [5.74, 6) is 2.56. The maximum Gasteiger partial charge on any atom is 0.165 e.